The number of allylic oxidation sites excluding steroid dienone is 6. The van der Waals surface area contributed by atoms with E-state index >= 15 is 0 Å². The maximum absolute atomic E-state index is 12.2. The number of hydrogen-bond donors (Lipinski definition) is 1. The second kappa shape index (κ2) is 13.8. The van der Waals surface area contributed by atoms with Gasteiger partial charge in [0.15, 0.2) is 0 Å². The Morgan fingerprint density at radius 3 is 1.75 bits per heavy atom. The van der Waals surface area contributed by atoms with Crippen LogP contribution in [-0.2, 0) is 15.4 Å². The summed E-state index contributed by atoms with van der Waals surface area (Å²) in [7, 11) is -2.34. The van der Waals surface area contributed by atoms with Crippen LogP contribution in [0.1, 0.15) is 162 Å². The van der Waals surface area contributed by atoms with Gasteiger partial charge in [0.2, 0.25) is 0 Å². The first-order valence-electron chi connectivity index (χ1n) is 19.7. The van der Waals surface area contributed by atoms with E-state index in [1.165, 1.54) is 33.2 Å². The van der Waals surface area contributed by atoms with Crippen molar-refractivity contribution in [1.82, 2.24) is 0 Å². The molecule has 0 saturated heterocycles. The van der Waals surface area contributed by atoms with E-state index < -0.39 is 19.6 Å². The van der Waals surface area contributed by atoms with E-state index in [1.807, 2.05) is 0 Å². The van der Waals surface area contributed by atoms with Crippen LogP contribution in [0.2, 0.25) is 0 Å². The van der Waals surface area contributed by atoms with E-state index in [9.17, 15) is 4.89 Å². The van der Waals surface area contributed by atoms with Gasteiger partial charge in [-0.15, -0.1) is 0 Å². The van der Waals surface area contributed by atoms with Crippen molar-refractivity contribution in [1.29, 1.82) is 0 Å². The Kier molecular flexibility index (Phi) is 11.3. The molecule has 2 aliphatic carbocycles. The van der Waals surface area contributed by atoms with Crippen molar-refractivity contribution < 1.29 is 13.9 Å². The summed E-state index contributed by atoms with van der Waals surface area (Å²) in [5.74, 6) is 0.676. The first-order valence-corrected chi connectivity index (χ1v) is 20.9. The Labute approximate surface area is 320 Å². The molecule has 0 bridgehead atoms. The average Bonchev–Trinajstić information content (AvgIpc) is 2.95. The van der Waals surface area contributed by atoms with Crippen LogP contribution in [0.3, 0.4) is 0 Å². The van der Waals surface area contributed by atoms with Crippen molar-refractivity contribution in [3.8, 4) is 5.75 Å². The molecule has 0 spiro atoms. The third-order valence-corrected chi connectivity index (χ3v) is 12.5. The van der Waals surface area contributed by atoms with E-state index in [2.05, 4.69) is 186 Å². The van der Waals surface area contributed by atoms with Gasteiger partial charge >= 0.3 is 8.60 Å². The average molecular weight is 729 g/mol. The highest BCUT2D eigenvalue weighted by molar-refractivity contribution is 7.41. The highest BCUT2D eigenvalue weighted by atomic mass is 31.2. The van der Waals surface area contributed by atoms with Gasteiger partial charge in [-0.25, -0.2) is 0 Å². The summed E-state index contributed by atoms with van der Waals surface area (Å²) >= 11 is 0. The SMILES string of the molecule is CCCCC1=C(C(C)(C)C)C(OP(O)Oc2cc3ccc(C(C)(C)C)cc3cc2C(C)(C)C)(C(C)(C)C)C=C2C=CC(C(C)(C)C)(C(C)(C)C)C=C21. The lowest BCUT2D eigenvalue weighted by atomic mass is 9.50. The van der Waals surface area contributed by atoms with Crippen LogP contribution in [0.25, 0.3) is 10.8 Å². The number of unbranched alkanes of at least 4 members (excludes halogenated alkanes) is 1. The van der Waals surface area contributed by atoms with Crippen LogP contribution < -0.4 is 4.52 Å². The van der Waals surface area contributed by atoms with E-state index in [0.29, 0.717) is 5.75 Å². The number of fused-ring (bicyclic) bond motifs is 2. The first kappa shape index (κ1) is 42.6. The minimum atomic E-state index is -2.34. The van der Waals surface area contributed by atoms with Gasteiger partial charge in [-0.1, -0.05) is 174 Å². The lowest BCUT2D eigenvalue weighted by Crippen LogP contribution is -2.51. The summed E-state index contributed by atoms with van der Waals surface area (Å²) in [5, 5.41) is 2.27. The number of rotatable bonds is 7. The molecule has 0 fully saturated rings. The van der Waals surface area contributed by atoms with Crippen molar-refractivity contribution in [2.75, 3.05) is 0 Å². The van der Waals surface area contributed by atoms with Crippen molar-refractivity contribution in [3.05, 3.63) is 88.1 Å². The predicted molar refractivity (Wildman–Crippen MR) is 227 cm³/mol. The smallest absolute Gasteiger partial charge is 0.395 e. The standard InChI is InChI=1S/C48H73O3P/c1-20-21-22-36-37-31-47(44(11,12)13,45(14,15)16)26-25-33(37)30-48(46(17,18)19,40(36)43(8,9)10)51-52(49)50-39-29-32-23-24-35(41(2,3)4)27-34(32)28-38(39)42(5,6)7/h23-31,49H,20-22H2,1-19H3. The zero-order valence-electron chi connectivity index (χ0n) is 36.5. The Morgan fingerprint density at radius 1 is 0.673 bits per heavy atom. The molecule has 4 heteroatoms. The van der Waals surface area contributed by atoms with Gasteiger partial charge in [0.1, 0.15) is 11.4 Å². The summed E-state index contributed by atoms with van der Waals surface area (Å²) in [4.78, 5) is 12.2. The molecular weight excluding hydrogens is 655 g/mol. The topological polar surface area (TPSA) is 38.7 Å². The molecule has 288 valence electrons. The zero-order chi connectivity index (χ0) is 39.7. The molecule has 52 heavy (non-hydrogen) atoms. The van der Waals surface area contributed by atoms with E-state index in [0.717, 1.165) is 30.2 Å². The van der Waals surface area contributed by atoms with Crippen LogP contribution in [0, 0.1) is 27.1 Å². The van der Waals surface area contributed by atoms with E-state index in [-0.39, 0.29) is 32.5 Å². The Balaban J connectivity index is 1.96. The largest absolute Gasteiger partial charge is 0.427 e. The summed E-state index contributed by atoms with van der Waals surface area (Å²) in [6, 6.07) is 11.0. The van der Waals surface area contributed by atoms with Crippen LogP contribution in [0.15, 0.2) is 76.9 Å². The molecule has 0 aromatic heterocycles. The van der Waals surface area contributed by atoms with Crippen LogP contribution in [0.4, 0.5) is 0 Å². The predicted octanol–water partition coefficient (Wildman–Crippen LogP) is 14.9. The van der Waals surface area contributed by atoms with Gasteiger partial charge in [-0.3, -0.25) is 4.52 Å². The van der Waals surface area contributed by atoms with Gasteiger partial charge in [-0.05, 0) is 102 Å². The Morgan fingerprint density at radius 2 is 1.27 bits per heavy atom. The molecular formula is C48H73O3P. The molecule has 2 unspecified atom stereocenters. The van der Waals surface area contributed by atoms with E-state index in [1.54, 1.807) is 0 Å². The van der Waals surface area contributed by atoms with Gasteiger partial charge in [-0.2, -0.15) is 0 Å². The molecule has 0 heterocycles. The molecule has 0 amide bonds. The Bertz CT molecular complexity index is 1760. The molecule has 2 aliphatic rings. The maximum Gasteiger partial charge on any atom is 0.395 e. The lowest BCUT2D eigenvalue weighted by molar-refractivity contribution is 0.0172. The molecule has 0 radical (unpaired) electrons. The Hall–Kier alpha value is -2.19. The van der Waals surface area contributed by atoms with Crippen molar-refractivity contribution >= 4 is 19.4 Å². The summed E-state index contributed by atoms with van der Waals surface area (Å²) in [6.45, 7) is 43.5. The highest BCUT2D eigenvalue weighted by Crippen LogP contribution is 2.63. The van der Waals surface area contributed by atoms with Gasteiger partial charge in [0.25, 0.3) is 0 Å². The third-order valence-electron chi connectivity index (χ3n) is 11.7. The fraction of sp³-hybridized carbons (Fsp3) is 0.625. The molecule has 2 aromatic rings. The van der Waals surface area contributed by atoms with Gasteiger partial charge in [0, 0.05) is 11.0 Å². The van der Waals surface area contributed by atoms with Gasteiger partial charge < -0.3 is 9.42 Å². The lowest BCUT2D eigenvalue weighted by Gasteiger charge is -2.55. The van der Waals surface area contributed by atoms with Crippen molar-refractivity contribution in [3.63, 3.8) is 0 Å². The quantitative estimate of drug-likeness (QED) is 0.289. The molecule has 4 rings (SSSR count). The van der Waals surface area contributed by atoms with Crippen molar-refractivity contribution in [2.24, 2.45) is 27.1 Å². The van der Waals surface area contributed by atoms with Crippen LogP contribution in [-0.4, -0.2) is 10.5 Å². The van der Waals surface area contributed by atoms with Crippen LogP contribution in [0.5, 0.6) is 5.75 Å². The third kappa shape index (κ3) is 7.95. The monoisotopic (exact) mass is 729 g/mol. The minimum Gasteiger partial charge on any atom is -0.427 e. The summed E-state index contributed by atoms with van der Waals surface area (Å²) in [6.07, 6.45) is 12.9. The second-order valence-electron chi connectivity index (χ2n) is 21.9. The maximum atomic E-state index is 12.2. The normalized spacial score (nSPS) is 20.8. The molecule has 2 atom stereocenters. The van der Waals surface area contributed by atoms with Crippen molar-refractivity contribution in [2.45, 2.75) is 167 Å². The van der Waals surface area contributed by atoms with Gasteiger partial charge in [0.05, 0.1) is 0 Å². The second-order valence-corrected chi connectivity index (χ2v) is 22.7. The van der Waals surface area contributed by atoms with Crippen LogP contribution >= 0.6 is 8.60 Å². The molecule has 0 aliphatic heterocycles. The fourth-order valence-corrected chi connectivity index (χ4v) is 9.84. The summed E-state index contributed by atoms with van der Waals surface area (Å²) < 4.78 is 13.8. The van der Waals surface area contributed by atoms with E-state index in [4.69, 9.17) is 9.05 Å². The zero-order valence-corrected chi connectivity index (χ0v) is 37.4. The molecule has 2 aromatic carbocycles. The minimum absolute atomic E-state index is 0.000699. The number of benzene rings is 2. The summed E-state index contributed by atoms with van der Waals surface area (Å²) in [5.41, 5.74) is 5.56. The first-order chi connectivity index (χ1) is 23.4. The fourth-order valence-electron chi connectivity index (χ4n) is 8.82. The molecule has 3 nitrogen and oxygen atoms in total. The highest BCUT2D eigenvalue weighted by Gasteiger charge is 2.56. The molecule has 0 saturated carbocycles. The number of hydrogen-bond acceptors (Lipinski definition) is 3. The molecule has 1 N–H and O–H groups in total.